The normalized spacial score (nSPS) is 20.4. The van der Waals surface area contributed by atoms with Gasteiger partial charge in [0.05, 0.1) is 30.1 Å². The molecule has 0 saturated carbocycles. The van der Waals surface area contributed by atoms with Crippen LogP contribution >= 0.6 is 117 Å². The van der Waals surface area contributed by atoms with E-state index in [1.165, 1.54) is 24.3 Å². The Hall–Kier alpha value is -0.600. The Morgan fingerprint density at radius 1 is 0.588 bits per heavy atom. The molecule has 2 atom stereocenters. The van der Waals surface area contributed by atoms with Crippen LogP contribution in [0.1, 0.15) is 24.0 Å². The van der Waals surface area contributed by atoms with Crippen molar-refractivity contribution in [2.75, 3.05) is 31.1 Å². The van der Waals surface area contributed by atoms with Gasteiger partial charge in [0.1, 0.15) is 10.8 Å². The highest BCUT2D eigenvalue weighted by atomic mass is 79.9. The van der Waals surface area contributed by atoms with Gasteiger partial charge in [-0.1, -0.05) is 130 Å². The molecule has 2 fully saturated rings. The fourth-order valence-electron chi connectivity index (χ4n) is 5.80. The molecule has 2 nitrogen and oxygen atoms in total. The molecule has 4 aromatic carbocycles. The standard InChI is InChI=1S/C17H12BrCl3F3N.C11H9Cl3F3N.C6H4Br2/c18-11-2-1-3-12(8-11)25-5-4-16(9-25,17(22,23)24)10-6-13(19)15(21)14(20)7-10;12-7-3-6(4-8(13)9(7)14)10(11(15,16)17)1-2-18-5-10;7-5-2-1-3-6(8)4-5/h1-3,6-8H,4-5,9H2;3-4,18H,1-2,5H2;1-4H. The fraction of sp³-hybridized carbons (Fsp3) is 0.294. The van der Waals surface area contributed by atoms with Crippen molar-refractivity contribution in [2.24, 2.45) is 0 Å². The molecule has 0 spiro atoms. The number of benzene rings is 4. The molecule has 2 aliphatic rings. The van der Waals surface area contributed by atoms with Crippen LogP contribution in [0.25, 0.3) is 0 Å². The first kappa shape index (κ1) is 43.1. The molecule has 0 aromatic heterocycles. The van der Waals surface area contributed by atoms with E-state index in [-0.39, 0.29) is 73.7 Å². The average molecular weight is 1030 g/mol. The SMILES string of the molecule is Brc1cccc(Br)c1.FC(F)(F)C1(c2cc(Cl)c(Cl)c(Cl)c2)CCN(c2cccc(Br)c2)C1.FC(F)(F)C1(c2cc(Cl)c(Cl)c(Cl)c2)CCNC1. The number of alkyl halides is 6. The number of nitrogens with zero attached hydrogens (tertiary/aromatic N) is 1. The van der Waals surface area contributed by atoms with Crippen molar-refractivity contribution < 1.29 is 26.3 Å². The molecule has 0 radical (unpaired) electrons. The lowest BCUT2D eigenvalue weighted by Crippen LogP contribution is -2.44. The van der Waals surface area contributed by atoms with Gasteiger partial charge in [0.2, 0.25) is 0 Å². The summed E-state index contributed by atoms with van der Waals surface area (Å²) in [6.45, 7) is 0.192. The molecule has 4 aromatic rings. The van der Waals surface area contributed by atoms with E-state index in [9.17, 15) is 26.3 Å². The van der Waals surface area contributed by atoms with Gasteiger partial charge >= 0.3 is 12.4 Å². The third-order valence-corrected chi connectivity index (χ3v) is 12.4. The van der Waals surface area contributed by atoms with Gasteiger partial charge in [-0.15, -0.1) is 0 Å². The molecule has 0 amide bonds. The Bertz CT molecular complexity index is 1790. The summed E-state index contributed by atoms with van der Waals surface area (Å²) in [4.78, 5) is 1.72. The number of rotatable bonds is 3. The maximum Gasteiger partial charge on any atom is 0.400 e. The van der Waals surface area contributed by atoms with Crippen LogP contribution in [0.2, 0.25) is 30.1 Å². The van der Waals surface area contributed by atoms with Gasteiger partial charge in [-0.2, -0.15) is 26.3 Å². The molecule has 2 saturated heterocycles. The van der Waals surface area contributed by atoms with Crippen molar-refractivity contribution in [3.8, 4) is 0 Å². The lowest BCUT2D eigenvalue weighted by atomic mass is 9.79. The van der Waals surface area contributed by atoms with Gasteiger partial charge in [0, 0.05) is 38.7 Å². The average Bonchev–Trinajstić information content (AvgIpc) is 3.73. The highest BCUT2D eigenvalue weighted by Gasteiger charge is 2.59. The van der Waals surface area contributed by atoms with Crippen molar-refractivity contribution in [3.63, 3.8) is 0 Å². The van der Waals surface area contributed by atoms with Crippen LogP contribution < -0.4 is 10.2 Å². The molecule has 0 bridgehead atoms. The second-order valence-corrected chi connectivity index (χ2v) is 16.8. The zero-order chi connectivity index (χ0) is 37.9. The van der Waals surface area contributed by atoms with E-state index >= 15 is 0 Å². The van der Waals surface area contributed by atoms with Gasteiger partial charge in [-0.05, 0) is 91.2 Å². The quantitative estimate of drug-likeness (QED) is 0.163. The molecule has 6 rings (SSSR count). The van der Waals surface area contributed by atoms with E-state index in [0.717, 1.165) is 19.1 Å². The minimum Gasteiger partial charge on any atom is -0.370 e. The molecule has 0 aliphatic carbocycles. The van der Waals surface area contributed by atoms with Crippen molar-refractivity contribution in [1.29, 1.82) is 0 Å². The summed E-state index contributed by atoms with van der Waals surface area (Å²) in [6, 6.07) is 20.2. The first-order valence-electron chi connectivity index (χ1n) is 14.8. The fourth-order valence-corrected chi connectivity index (χ4v) is 8.49. The molecule has 2 unspecified atom stereocenters. The van der Waals surface area contributed by atoms with Gasteiger partial charge in [-0.3, -0.25) is 0 Å². The number of halogens is 15. The molecule has 1 N–H and O–H groups in total. The van der Waals surface area contributed by atoms with Crippen LogP contribution in [-0.2, 0) is 10.8 Å². The maximum atomic E-state index is 14.1. The molecule has 276 valence electrons. The summed E-state index contributed by atoms with van der Waals surface area (Å²) in [6.07, 6.45) is -8.94. The minimum absolute atomic E-state index is 0.0219. The van der Waals surface area contributed by atoms with E-state index in [0.29, 0.717) is 6.54 Å². The van der Waals surface area contributed by atoms with E-state index in [1.54, 1.807) is 23.1 Å². The molecular weight excluding hydrogens is 1000 g/mol. The van der Waals surface area contributed by atoms with Crippen molar-refractivity contribution >= 4 is 123 Å². The minimum atomic E-state index is -4.45. The molecular formula is C34H25Br3Cl6F6N2. The summed E-state index contributed by atoms with van der Waals surface area (Å²) in [7, 11) is 0. The Labute approximate surface area is 346 Å². The summed E-state index contributed by atoms with van der Waals surface area (Å²) < 4.78 is 85.2. The highest BCUT2D eigenvalue weighted by molar-refractivity contribution is 9.11. The van der Waals surface area contributed by atoms with Crippen LogP contribution in [0, 0.1) is 0 Å². The van der Waals surface area contributed by atoms with E-state index < -0.39 is 23.2 Å². The zero-order valence-electron chi connectivity index (χ0n) is 25.8. The smallest absolute Gasteiger partial charge is 0.370 e. The van der Waals surface area contributed by atoms with Crippen molar-refractivity contribution in [1.82, 2.24) is 5.32 Å². The van der Waals surface area contributed by atoms with Crippen LogP contribution in [0.3, 0.4) is 0 Å². The summed E-state index contributed by atoms with van der Waals surface area (Å²) in [5, 5.41) is 2.99. The highest BCUT2D eigenvalue weighted by Crippen LogP contribution is 2.51. The molecule has 51 heavy (non-hydrogen) atoms. The van der Waals surface area contributed by atoms with Crippen LogP contribution in [0.5, 0.6) is 0 Å². The lowest BCUT2D eigenvalue weighted by Gasteiger charge is -2.33. The van der Waals surface area contributed by atoms with E-state index in [4.69, 9.17) is 69.6 Å². The van der Waals surface area contributed by atoms with Gasteiger partial charge < -0.3 is 10.2 Å². The first-order valence-corrected chi connectivity index (χ1v) is 19.4. The number of hydrogen-bond donors (Lipinski definition) is 1. The lowest BCUT2D eigenvalue weighted by molar-refractivity contribution is -0.185. The van der Waals surface area contributed by atoms with Crippen LogP contribution in [0.4, 0.5) is 32.0 Å². The van der Waals surface area contributed by atoms with Crippen molar-refractivity contribution in [2.45, 2.75) is 36.0 Å². The van der Waals surface area contributed by atoms with Crippen LogP contribution in [-0.4, -0.2) is 38.5 Å². The maximum absolute atomic E-state index is 14.1. The number of anilines is 1. The predicted molar refractivity (Wildman–Crippen MR) is 209 cm³/mol. The van der Waals surface area contributed by atoms with Crippen LogP contribution in [0.15, 0.2) is 86.2 Å². The number of nitrogens with one attached hydrogen (secondary N) is 1. The topological polar surface area (TPSA) is 15.3 Å². The third-order valence-electron chi connectivity index (χ3n) is 8.54. The molecule has 2 aliphatic heterocycles. The zero-order valence-corrected chi connectivity index (χ0v) is 35.1. The monoisotopic (exact) mass is 1020 g/mol. The molecule has 2 heterocycles. The van der Waals surface area contributed by atoms with Crippen molar-refractivity contribution in [3.05, 3.63) is 127 Å². The Morgan fingerprint density at radius 2 is 1.02 bits per heavy atom. The summed E-state index contributed by atoms with van der Waals surface area (Å²) in [5.74, 6) is 0. The molecule has 17 heteroatoms. The van der Waals surface area contributed by atoms with Gasteiger partial charge in [0.25, 0.3) is 0 Å². The second kappa shape index (κ2) is 17.5. The third kappa shape index (κ3) is 9.99. The van der Waals surface area contributed by atoms with Gasteiger partial charge in [0.15, 0.2) is 0 Å². The summed E-state index contributed by atoms with van der Waals surface area (Å²) in [5.41, 5.74) is -3.17. The summed E-state index contributed by atoms with van der Waals surface area (Å²) >= 11 is 45.2. The largest absolute Gasteiger partial charge is 0.400 e. The van der Waals surface area contributed by atoms with Gasteiger partial charge in [-0.25, -0.2) is 0 Å². The Morgan fingerprint density at radius 3 is 1.39 bits per heavy atom. The van der Waals surface area contributed by atoms with E-state index in [1.807, 2.05) is 30.3 Å². The second-order valence-electron chi connectivity index (χ2n) is 11.7. The Kier molecular flexibility index (Phi) is 14.8. The predicted octanol–water partition coefficient (Wildman–Crippen LogP) is 14.8. The van der Waals surface area contributed by atoms with E-state index in [2.05, 4.69) is 53.1 Å². The Balaban J connectivity index is 0.000000194. The number of hydrogen-bond acceptors (Lipinski definition) is 2. The first-order chi connectivity index (χ1) is 23.7.